The van der Waals surface area contributed by atoms with Gasteiger partial charge in [-0.2, -0.15) is 0 Å². The van der Waals surface area contributed by atoms with Crippen molar-refractivity contribution in [2.75, 3.05) is 26.7 Å². The van der Waals surface area contributed by atoms with Crippen molar-refractivity contribution in [3.63, 3.8) is 0 Å². The van der Waals surface area contributed by atoms with Gasteiger partial charge < -0.3 is 15.5 Å². The van der Waals surface area contributed by atoms with Crippen molar-refractivity contribution in [2.45, 2.75) is 44.7 Å². The summed E-state index contributed by atoms with van der Waals surface area (Å²) in [6.07, 6.45) is 4.35. The van der Waals surface area contributed by atoms with Crippen molar-refractivity contribution >= 4 is 30.7 Å². The number of likely N-dealkylation sites (tertiary alicyclic amines) is 1. The molecule has 2 saturated heterocycles. The van der Waals surface area contributed by atoms with Gasteiger partial charge in [-0.1, -0.05) is 0 Å². The standard InChI is InChI=1S/C13H25N3O.2ClH/c1-10-8-12(5-7-16(10)2)15-13(17)11-4-3-6-14-9-11;;/h10-12,14H,3-9H2,1-2H3,(H,15,17);2*1H/t10?,11-,12?;;/m1../s1. The molecule has 0 radical (unpaired) electrons. The number of halogens is 2. The Labute approximate surface area is 128 Å². The normalized spacial score (nSPS) is 31.8. The van der Waals surface area contributed by atoms with Crippen LogP contribution in [0.3, 0.4) is 0 Å². The van der Waals surface area contributed by atoms with E-state index < -0.39 is 0 Å². The van der Waals surface area contributed by atoms with Crippen molar-refractivity contribution < 1.29 is 4.79 Å². The van der Waals surface area contributed by atoms with E-state index in [0.29, 0.717) is 12.1 Å². The van der Waals surface area contributed by atoms with Crippen molar-refractivity contribution in [3.8, 4) is 0 Å². The Bertz CT molecular complexity index is 273. The molecule has 2 fully saturated rings. The van der Waals surface area contributed by atoms with Crippen molar-refractivity contribution in [1.82, 2.24) is 15.5 Å². The summed E-state index contributed by atoms with van der Waals surface area (Å²) in [5, 5.41) is 6.53. The lowest BCUT2D eigenvalue weighted by Crippen LogP contribution is -2.50. The van der Waals surface area contributed by atoms with E-state index in [4.69, 9.17) is 0 Å². The number of amides is 1. The molecule has 114 valence electrons. The Morgan fingerprint density at radius 3 is 2.63 bits per heavy atom. The molecular weight excluding hydrogens is 285 g/mol. The van der Waals surface area contributed by atoms with Crippen molar-refractivity contribution in [1.29, 1.82) is 0 Å². The SMILES string of the molecule is CC1CC(NC(=O)[C@@H]2CCCNC2)CCN1C.Cl.Cl. The fourth-order valence-corrected chi connectivity index (χ4v) is 2.82. The molecule has 0 aromatic heterocycles. The largest absolute Gasteiger partial charge is 0.353 e. The van der Waals surface area contributed by atoms with Gasteiger partial charge in [0.1, 0.15) is 0 Å². The Hall–Kier alpha value is -0.0300. The van der Waals surface area contributed by atoms with Crippen LogP contribution in [0.25, 0.3) is 0 Å². The highest BCUT2D eigenvalue weighted by molar-refractivity contribution is 5.85. The number of carbonyl (C=O) groups excluding carboxylic acids is 1. The summed E-state index contributed by atoms with van der Waals surface area (Å²) in [5.74, 6) is 0.456. The average Bonchev–Trinajstić information content (AvgIpc) is 2.35. The van der Waals surface area contributed by atoms with E-state index >= 15 is 0 Å². The van der Waals surface area contributed by atoms with Gasteiger partial charge in [-0.15, -0.1) is 24.8 Å². The fraction of sp³-hybridized carbons (Fsp3) is 0.923. The predicted octanol–water partition coefficient (Wildman–Crippen LogP) is 1.43. The number of nitrogens with zero attached hydrogens (tertiary/aromatic N) is 1. The molecule has 0 aliphatic carbocycles. The molecule has 2 aliphatic rings. The number of hydrogen-bond acceptors (Lipinski definition) is 3. The number of carbonyl (C=O) groups is 1. The lowest BCUT2D eigenvalue weighted by molar-refractivity contribution is -0.126. The molecular formula is C13H27Cl2N3O. The highest BCUT2D eigenvalue weighted by Crippen LogP contribution is 2.17. The Balaban J connectivity index is 0.00000162. The topological polar surface area (TPSA) is 44.4 Å². The van der Waals surface area contributed by atoms with Crippen LogP contribution in [-0.2, 0) is 4.79 Å². The molecule has 19 heavy (non-hydrogen) atoms. The highest BCUT2D eigenvalue weighted by atomic mass is 35.5. The number of rotatable bonds is 2. The van der Waals surface area contributed by atoms with Crippen LogP contribution in [-0.4, -0.2) is 49.6 Å². The summed E-state index contributed by atoms with van der Waals surface area (Å²) in [4.78, 5) is 14.5. The van der Waals surface area contributed by atoms with Gasteiger partial charge in [0.25, 0.3) is 0 Å². The summed E-state index contributed by atoms with van der Waals surface area (Å²) >= 11 is 0. The maximum Gasteiger partial charge on any atom is 0.224 e. The van der Waals surface area contributed by atoms with Gasteiger partial charge in [-0.05, 0) is 46.2 Å². The van der Waals surface area contributed by atoms with E-state index in [1.165, 1.54) is 0 Å². The van der Waals surface area contributed by atoms with Crippen LogP contribution in [0.15, 0.2) is 0 Å². The maximum absolute atomic E-state index is 12.1. The van der Waals surface area contributed by atoms with E-state index in [-0.39, 0.29) is 36.6 Å². The molecule has 2 aliphatic heterocycles. The first-order valence-electron chi connectivity index (χ1n) is 6.88. The zero-order chi connectivity index (χ0) is 12.3. The van der Waals surface area contributed by atoms with E-state index in [0.717, 1.165) is 45.3 Å². The number of nitrogens with one attached hydrogen (secondary N) is 2. The Morgan fingerprint density at radius 2 is 2.05 bits per heavy atom. The smallest absolute Gasteiger partial charge is 0.224 e. The molecule has 6 heteroatoms. The zero-order valence-electron chi connectivity index (χ0n) is 11.9. The molecule has 2 rings (SSSR count). The summed E-state index contributed by atoms with van der Waals surface area (Å²) in [6, 6.07) is 0.967. The van der Waals surface area contributed by atoms with E-state index in [9.17, 15) is 4.79 Å². The van der Waals surface area contributed by atoms with Crippen molar-refractivity contribution in [3.05, 3.63) is 0 Å². The summed E-state index contributed by atoms with van der Waals surface area (Å²) in [5.41, 5.74) is 0. The molecule has 4 nitrogen and oxygen atoms in total. The zero-order valence-corrected chi connectivity index (χ0v) is 13.5. The third-order valence-electron chi connectivity index (χ3n) is 4.22. The maximum atomic E-state index is 12.1. The van der Waals surface area contributed by atoms with Crippen LogP contribution in [0.1, 0.15) is 32.6 Å². The molecule has 0 saturated carbocycles. The summed E-state index contributed by atoms with van der Waals surface area (Å²) in [7, 11) is 2.16. The Morgan fingerprint density at radius 1 is 1.32 bits per heavy atom. The molecule has 0 aromatic carbocycles. The van der Waals surface area contributed by atoms with Gasteiger partial charge in [0, 0.05) is 25.2 Å². The molecule has 2 unspecified atom stereocenters. The van der Waals surface area contributed by atoms with Gasteiger partial charge >= 0.3 is 0 Å². The number of piperidine rings is 2. The molecule has 1 amide bonds. The lowest BCUT2D eigenvalue weighted by atomic mass is 9.95. The Kier molecular flexibility index (Phi) is 8.99. The minimum atomic E-state index is 0. The van der Waals surface area contributed by atoms with Crippen LogP contribution in [0.5, 0.6) is 0 Å². The molecule has 2 N–H and O–H groups in total. The molecule has 3 atom stereocenters. The van der Waals surface area contributed by atoms with Gasteiger partial charge in [0.15, 0.2) is 0 Å². The summed E-state index contributed by atoms with van der Waals surface area (Å²) in [6.45, 7) is 5.25. The molecule has 0 bridgehead atoms. The highest BCUT2D eigenvalue weighted by Gasteiger charge is 2.27. The molecule has 0 aromatic rings. The minimum Gasteiger partial charge on any atom is -0.353 e. The molecule has 2 heterocycles. The van der Waals surface area contributed by atoms with Crippen LogP contribution >= 0.6 is 24.8 Å². The fourth-order valence-electron chi connectivity index (χ4n) is 2.82. The van der Waals surface area contributed by atoms with Gasteiger partial charge in [0.05, 0.1) is 5.92 Å². The number of hydrogen-bond donors (Lipinski definition) is 2. The third kappa shape index (κ3) is 5.46. The minimum absolute atomic E-state index is 0. The van der Waals surface area contributed by atoms with Gasteiger partial charge in [-0.3, -0.25) is 4.79 Å². The van der Waals surface area contributed by atoms with Crippen LogP contribution < -0.4 is 10.6 Å². The predicted molar refractivity (Wildman–Crippen MR) is 83.3 cm³/mol. The van der Waals surface area contributed by atoms with E-state index in [2.05, 4.69) is 29.5 Å². The van der Waals surface area contributed by atoms with Crippen LogP contribution in [0.4, 0.5) is 0 Å². The first-order valence-corrected chi connectivity index (χ1v) is 6.88. The monoisotopic (exact) mass is 311 g/mol. The second kappa shape index (κ2) is 9.01. The first kappa shape index (κ1) is 19.0. The first-order chi connectivity index (χ1) is 8.16. The third-order valence-corrected chi connectivity index (χ3v) is 4.22. The van der Waals surface area contributed by atoms with Crippen LogP contribution in [0, 0.1) is 5.92 Å². The summed E-state index contributed by atoms with van der Waals surface area (Å²) < 4.78 is 0. The molecule has 0 spiro atoms. The second-order valence-electron chi connectivity index (χ2n) is 5.60. The quantitative estimate of drug-likeness (QED) is 0.811. The van der Waals surface area contributed by atoms with Crippen LogP contribution in [0.2, 0.25) is 0 Å². The van der Waals surface area contributed by atoms with Crippen molar-refractivity contribution in [2.24, 2.45) is 5.92 Å². The average molecular weight is 312 g/mol. The van der Waals surface area contributed by atoms with E-state index in [1.54, 1.807) is 0 Å². The second-order valence-corrected chi connectivity index (χ2v) is 5.60. The van der Waals surface area contributed by atoms with E-state index in [1.807, 2.05) is 0 Å². The van der Waals surface area contributed by atoms with Gasteiger partial charge in [-0.25, -0.2) is 0 Å². The lowest BCUT2D eigenvalue weighted by Gasteiger charge is -2.36. The van der Waals surface area contributed by atoms with Gasteiger partial charge in [0.2, 0.25) is 5.91 Å².